The van der Waals surface area contributed by atoms with Gasteiger partial charge in [-0.1, -0.05) is 27.7 Å². The third-order valence-electron chi connectivity index (χ3n) is 4.55. The van der Waals surface area contributed by atoms with Crippen molar-refractivity contribution >= 4 is 21.9 Å². The van der Waals surface area contributed by atoms with E-state index in [1.807, 2.05) is 6.07 Å². The second-order valence-electron chi connectivity index (χ2n) is 6.71. The Hall–Kier alpha value is -2.44. The summed E-state index contributed by atoms with van der Waals surface area (Å²) in [7, 11) is -3.61. The molecule has 0 bridgehead atoms. The van der Waals surface area contributed by atoms with Gasteiger partial charge in [0.15, 0.2) is 6.61 Å². The lowest BCUT2D eigenvalue weighted by molar-refractivity contribution is -0.125. The van der Waals surface area contributed by atoms with E-state index in [1.165, 1.54) is 28.6 Å². The van der Waals surface area contributed by atoms with Gasteiger partial charge in [-0.05, 0) is 37.1 Å². The summed E-state index contributed by atoms with van der Waals surface area (Å²) < 4.78 is 31.1. The molecule has 1 aromatic rings. The van der Waals surface area contributed by atoms with Crippen LogP contribution in [0.3, 0.4) is 0 Å². The Morgan fingerprint density at radius 2 is 1.75 bits per heavy atom. The predicted molar refractivity (Wildman–Crippen MR) is 104 cm³/mol. The maximum absolute atomic E-state index is 12.4. The molecule has 0 spiro atoms. The Kier molecular flexibility index (Phi) is 8.14. The van der Waals surface area contributed by atoms with Crippen LogP contribution in [0.1, 0.15) is 45.0 Å². The van der Waals surface area contributed by atoms with Gasteiger partial charge in [-0.3, -0.25) is 4.79 Å². The molecule has 0 heterocycles. The van der Waals surface area contributed by atoms with Crippen LogP contribution in [-0.2, 0) is 19.6 Å². The third-order valence-corrected chi connectivity index (χ3v) is 6.62. The van der Waals surface area contributed by atoms with Crippen LogP contribution >= 0.6 is 0 Å². The summed E-state index contributed by atoms with van der Waals surface area (Å²) in [5.41, 5.74) is -0.942. The standard InChI is InChI=1S/C19H27N3O5S/c1-6-22(7-2)28(25,26)16-10-8-15(9-11-16)18(24)27-12-17(23)21-19(5,13-20)14(3)4/h8-11,14H,6-7,12H2,1-5H3,(H,21,23)/t19-/m0/s1. The topological polar surface area (TPSA) is 117 Å². The predicted octanol–water partition coefficient (Wildman–Crippen LogP) is 1.93. The molecule has 9 heteroatoms. The maximum atomic E-state index is 12.4. The summed E-state index contributed by atoms with van der Waals surface area (Å²) in [4.78, 5) is 24.1. The van der Waals surface area contributed by atoms with Crippen molar-refractivity contribution in [3.05, 3.63) is 29.8 Å². The van der Waals surface area contributed by atoms with E-state index < -0.39 is 34.0 Å². The first-order chi connectivity index (χ1) is 13.0. The zero-order valence-electron chi connectivity index (χ0n) is 16.9. The van der Waals surface area contributed by atoms with Crippen molar-refractivity contribution in [3.8, 4) is 6.07 Å². The molecule has 0 radical (unpaired) electrons. The number of nitrogens with zero attached hydrogens (tertiary/aromatic N) is 2. The first-order valence-electron chi connectivity index (χ1n) is 9.01. The molecule has 154 valence electrons. The summed E-state index contributed by atoms with van der Waals surface area (Å²) in [6.07, 6.45) is 0. The van der Waals surface area contributed by atoms with Crippen molar-refractivity contribution in [2.75, 3.05) is 19.7 Å². The second kappa shape index (κ2) is 9.66. The highest BCUT2D eigenvalue weighted by Gasteiger charge is 2.30. The number of esters is 1. The van der Waals surface area contributed by atoms with E-state index in [0.29, 0.717) is 13.1 Å². The first-order valence-corrected chi connectivity index (χ1v) is 10.4. The lowest BCUT2D eigenvalue weighted by atomic mass is 9.90. The molecule has 0 aliphatic rings. The van der Waals surface area contributed by atoms with Crippen molar-refractivity contribution in [2.45, 2.75) is 45.1 Å². The summed E-state index contributed by atoms with van der Waals surface area (Å²) >= 11 is 0. The number of carbonyl (C=O) groups excluding carboxylic acids is 2. The number of nitriles is 1. The van der Waals surface area contributed by atoms with Gasteiger partial charge in [-0.25, -0.2) is 13.2 Å². The molecule has 1 aromatic carbocycles. The molecule has 0 saturated carbocycles. The number of carbonyl (C=O) groups is 2. The molecular weight excluding hydrogens is 382 g/mol. The van der Waals surface area contributed by atoms with Gasteiger partial charge in [0.1, 0.15) is 5.54 Å². The Labute approximate surface area is 166 Å². The molecule has 0 aliphatic carbocycles. The van der Waals surface area contributed by atoms with Crippen molar-refractivity contribution < 1.29 is 22.7 Å². The van der Waals surface area contributed by atoms with Crippen molar-refractivity contribution in [1.29, 1.82) is 5.26 Å². The molecule has 8 nitrogen and oxygen atoms in total. The van der Waals surface area contributed by atoms with Crippen LogP contribution in [-0.4, -0.2) is 49.8 Å². The molecule has 1 N–H and O–H groups in total. The summed E-state index contributed by atoms with van der Waals surface area (Å²) in [6.45, 7) is 8.82. The van der Waals surface area contributed by atoms with E-state index in [9.17, 15) is 23.3 Å². The van der Waals surface area contributed by atoms with Crippen LogP contribution in [0.5, 0.6) is 0 Å². The Morgan fingerprint density at radius 1 is 1.21 bits per heavy atom. The van der Waals surface area contributed by atoms with Crippen LogP contribution in [0, 0.1) is 17.2 Å². The van der Waals surface area contributed by atoms with Crippen molar-refractivity contribution in [2.24, 2.45) is 5.92 Å². The second-order valence-corrected chi connectivity index (χ2v) is 8.64. The fourth-order valence-electron chi connectivity index (χ4n) is 2.32. The largest absolute Gasteiger partial charge is 0.452 e. The van der Waals surface area contributed by atoms with E-state index in [1.54, 1.807) is 34.6 Å². The number of hydrogen-bond donors (Lipinski definition) is 1. The highest BCUT2D eigenvalue weighted by atomic mass is 32.2. The van der Waals surface area contributed by atoms with Gasteiger partial charge < -0.3 is 10.1 Å². The molecule has 0 unspecified atom stereocenters. The molecule has 0 aromatic heterocycles. The van der Waals surface area contributed by atoms with Crippen LogP contribution in [0.2, 0.25) is 0 Å². The smallest absolute Gasteiger partial charge is 0.338 e. The summed E-state index contributed by atoms with van der Waals surface area (Å²) in [5, 5.41) is 11.7. The normalized spacial score (nSPS) is 13.6. The number of sulfonamides is 1. The van der Waals surface area contributed by atoms with Gasteiger partial charge in [-0.15, -0.1) is 0 Å². The van der Waals surface area contributed by atoms with Crippen LogP contribution in [0.15, 0.2) is 29.2 Å². The monoisotopic (exact) mass is 409 g/mol. The van der Waals surface area contributed by atoms with E-state index in [0.717, 1.165) is 0 Å². The number of benzene rings is 1. The SMILES string of the molecule is CCN(CC)S(=O)(=O)c1ccc(C(=O)OCC(=O)N[C@@](C)(C#N)C(C)C)cc1. The number of ether oxygens (including phenoxy) is 1. The van der Waals surface area contributed by atoms with E-state index in [4.69, 9.17) is 4.74 Å². The number of rotatable bonds is 9. The molecule has 0 fully saturated rings. The number of hydrogen-bond acceptors (Lipinski definition) is 6. The van der Waals surface area contributed by atoms with Gasteiger partial charge in [0.05, 0.1) is 16.5 Å². The van der Waals surface area contributed by atoms with Crippen LogP contribution in [0.4, 0.5) is 0 Å². The van der Waals surface area contributed by atoms with Crippen LogP contribution in [0.25, 0.3) is 0 Å². The fourth-order valence-corrected chi connectivity index (χ4v) is 3.78. The number of amides is 1. The maximum Gasteiger partial charge on any atom is 0.338 e. The van der Waals surface area contributed by atoms with Gasteiger partial charge in [-0.2, -0.15) is 9.57 Å². The third kappa shape index (κ3) is 5.53. The first kappa shape index (κ1) is 23.6. The minimum absolute atomic E-state index is 0.0761. The van der Waals surface area contributed by atoms with Gasteiger partial charge in [0, 0.05) is 13.1 Å². The Bertz CT molecular complexity index is 839. The minimum Gasteiger partial charge on any atom is -0.452 e. The highest BCUT2D eigenvalue weighted by Crippen LogP contribution is 2.17. The Balaban J connectivity index is 2.77. The molecule has 1 atom stereocenters. The van der Waals surface area contributed by atoms with E-state index in [2.05, 4.69) is 5.32 Å². The fraction of sp³-hybridized carbons (Fsp3) is 0.526. The Morgan fingerprint density at radius 3 is 2.18 bits per heavy atom. The number of nitrogens with one attached hydrogen (secondary N) is 1. The molecular formula is C19H27N3O5S. The van der Waals surface area contributed by atoms with E-state index >= 15 is 0 Å². The van der Waals surface area contributed by atoms with Crippen molar-refractivity contribution in [3.63, 3.8) is 0 Å². The van der Waals surface area contributed by atoms with Gasteiger partial charge in [0.2, 0.25) is 10.0 Å². The van der Waals surface area contributed by atoms with E-state index in [-0.39, 0.29) is 16.4 Å². The van der Waals surface area contributed by atoms with Gasteiger partial charge in [0.25, 0.3) is 5.91 Å². The lowest BCUT2D eigenvalue weighted by Gasteiger charge is -2.27. The minimum atomic E-state index is -3.61. The summed E-state index contributed by atoms with van der Waals surface area (Å²) in [6, 6.07) is 7.37. The summed E-state index contributed by atoms with van der Waals surface area (Å²) in [5.74, 6) is -1.48. The van der Waals surface area contributed by atoms with Gasteiger partial charge >= 0.3 is 5.97 Å². The zero-order chi connectivity index (χ0) is 21.5. The zero-order valence-corrected chi connectivity index (χ0v) is 17.7. The average Bonchev–Trinajstić information content (AvgIpc) is 2.66. The molecule has 28 heavy (non-hydrogen) atoms. The molecule has 0 aliphatic heterocycles. The van der Waals surface area contributed by atoms with Crippen LogP contribution < -0.4 is 5.32 Å². The lowest BCUT2D eigenvalue weighted by Crippen LogP contribution is -2.50. The average molecular weight is 410 g/mol. The molecule has 1 amide bonds. The molecule has 0 saturated heterocycles. The highest BCUT2D eigenvalue weighted by molar-refractivity contribution is 7.89. The van der Waals surface area contributed by atoms with Crippen molar-refractivity contribution in [1.82, 2.24) is 9.62 Å². The quantitative estimate of drug-likeness (QED) is 0.623. The molecule has 1 rings (SSSR count).